The molecule has 0 fully saturated rings. The second kappa shape index (κ2) is 11.3. The highest BCUT2D eigenvalue weighted by atomic mass is 16.1. The van der Waals surface area contributed by atoms with Crippen LogP contribution in [-0.4, -0.2) is 24.2 Å². The molecule has 0 radical (unpaired) electrons. The molecule has 15 heavy (non-hydrogen) atoms. The predicted octanol–water partition coefficient (Wildman–Crippen LogP) is 1.02. The van der Waals surface area contributed by atoms with Gasteiger partial charge in [-0.05, 0) is 40.2 Å². The van der Waals surface area contributed by atoms with Crippen LogP contribution in [0.4, 0.5) is 0 Å². The van der Waals surface area contributed by atoms with Gasteiger partial charge < -0.3 is 16.3 Å². The Morgan fingerprint density at radius 2 is 1.53 bits per heavy atom. The van der Waals surface area contributed by atoms with Gasteiger partial charge in [-0.3, -0.25) is 4.79 Å². The van der Waals surface area contributed by atoms with Gasteiger partial charge >= 0.3 is 0 Å². The Bertz CT molecular complexity index is 177. The van der Waals surface area contributed by atoms with E-state index >= 15 is 0 Å². The number of carbonyl (C=O) groups is 2. The van der Waals surface area contributed by atoms with Crippen LogP contribution in [0.1, 0.15) is 46.5 Å². The van der Waals surface area contributed by atoms with Crippen molar-refractivity contribution in [1.29, 1.82) is 0 Å². The Labute approximate surface area is 92.4 Å². The van der Waals surface area contributed by atoms with Crippen LogP contribution in [0.15, 0.2) is 0 Å². The molecule has 0 aliphatic heterocycles. The first-order chi connectivity index (χ1) is 6.91. The molecule has 0 aromatic heterocycles. The first kappa shape index (κ1) is 16.7. The van der Waals surface area contributed by atoms with Crippen LogP contribution in [0, 0.1) is 0 Å². The van der Waals surface area contributed by atoms with Crippen molar-refractivity contribution < 1.29 is 9.59 Å². The summed E-state index contributed by atoms with van der Waals surface area (Å²) in [6.45, 7) is 5.32. The normalized spacial score (nSPS) is 11.3. The maximum absolute atomic E-state index is 10.7. The van der Waals surface area contributed by atoms with E-state index in [1.165, 1.54) is 20.8 Å². The van der Waals surface area contributed by atoms with Crippen molar-refractivity contribution in [2.24, 2.45) is 11.5 Å². The highest BCUT2D eigenvalue weighted by molar-refractivity contribution is 5.81. The monoisotopic (exact) mass is 216 g/mol. The first-order valence-electron chi connectivity index (χ1n) is 5.35. The van der Waals surface area contributed by atoms with Crippen molar-refractivity contribution in [2.45, 2.75) is 52.5 Å². The van der Waals surface area contributed by atoms with Gasteiger partial charge in [0.1, 0.15) is 11.6 Å². The van der Waals surface area contributed by atoms with E-state index in [1.54, 1.807) is 0 Å². The summed E-state index contributed by atoms with van der Waals surface area (Å²) in [6.07, 6.45) is 3.93. The third-order valence-electron chi connectivity index (χ3n) is 1.74. The van der Waals surface area contributed by atoms with Gasteiger partial charge in [0.15, 0.2) is 0 Å². The Morgan fingerprint density at radius 1 is 1.07 bits per heavy atom. The van der Waals surface area contributed by atoms with Crippen LogP contribution in [0.5, 0.6) is 0 Å². The minimum absolute atomic E-state index is 0.0812. The lowest BCUT2D eigenvalue weighted by Gasteiger charge is -2.05. The zero-order valence-electron chi connectivity index (χ0n) is 10.1. The van der Waals surface area contributed by atoms with Gasteiger partial charge in [0.2, 0.25) is 0 Å². The fourth-order valence-corrected chi connectivity index (χ4v) is 0.889. The zero-order valence-corrected chi connectivity index (χ0v) is 10.1. The molecule has 0 saturated heterocycles. The van der Waals surface area contributed by atoms with E-state index in [2.05, 4.69) is 0 Å². The standard InChI is InChI=1S/C8H18N2O.C3H6O/c1-7(11)8(10)5-3-2-4-6-9;1-3(2)4/h8H,2-6,9-10H2,1H3;1-2H3. The largest absolute Gasteiger partial charge is 0.330 e. The predicted molar refractivity (Wildman–Crippen MR) is 62.5 cm³/mol. The first-order valence-corrected chi connectivity index (χ1v) is 5.35. The van der Waals surface area contributed by atoms with Crippen molar-refractivity contribution in [3.8, 4) is 0 Å². The van der Waals surface area contributed by atoms with Crippen molar-refractivity contribution in [1.82, 2.24) is 0 Å². The highest BCUT2D eigenvalue weighted by Gasteiger charge is 2.05. The van der Waals surface area contributed by atoms with Crippen molar-refractivity contribution in [3.05, 3.63) is 0 Å². The molecule has 0 aliphatic carbocycles. The SMILES string of the molecule is CC(=O)C(N)CCCCCN.CC(C)=O. The number of Topliss-reactive ketones (excluding diaryl/α,β-unsaturated/α-hetero) is 2. The average Bonchev–Trinajstić information content (AvgIpc) is 2.11. The molecule has 4 nitrogen and oxygen atoms in total. The van der Waals surface area contributed by atoms with Gasteiger partial charge in [-0.1, -0.05) is 12.8 Å². The number of hydrogen-bond acceptors (Lipinski definition) is 4. The molecule has 4 N–H and O–H groups in total. The van der Waals surface area contributed by atoms with Gasteiger partial charge in [-0.15, -0.1) is 0 Å². The number of carbonyl (C=O) groups excluding carboxylic acids is 2. The van der Waals surface area contributed by atoms with Gasteiger partial charge in [0.05, 0.1) is 6.04 Å². The smallest absolute Gasteiger partial charge is 0.146 e. The average molecular weight is 216 g/mol. The molecule has 0 aromatic rings. The fraction of sp³-hybridized carbons (Fsp3) is 0.818. The Kier molecular flexibility index (Phi) is 12.6. The van der Waals surface area contributed by atoms with Gasteiger partial charge in [0, 0.05) is 0 Å². The summed E-state index contributed by atoms with van der Waals surface area (Å²) in [4.78, 5) is 20.1. The lowest BCUT2D eigenvalue weighted by Crippen LogP contribution is -2.27. The van der Waals surface area contributed by atoms with Gasteiger partial charge in [-0.25, -0.2) is 0 Å². The van der Waals surface area contributed by atoms with Crippen molar-refractivity contribution in [3.63, 3.8) is 0 Å². The number of hydrogen-bond donors (Lipinski definition) is 2. The van der Waals surface area contributed by atoms with E-state index in [0.717, 1.165) is 32.2 Å². The maximum atomic E-state index is 10.7. The second-order valence-electron chi connectivity index (χ2n) is 3.76. The summed E-state index contributed by atoms with van der Waals surface area (Å²) in [5, 5.41) is 0. The summed E-state index contributed by atoms with van der Waals surface area (Å²) in [5.41, 5.74) is 10.8. The minimum atomic E-state index is -0.257. The van der Waals surface area contributed by atoms with Crippen LogP contribution in [-0.2, 0) is 9.59 Å². The summed E-state index contributed by atoms with van der Waals surface area (Å²) in [7, 11) is 0. The molecule has 90 valence electrons. The Hall–Kier alpha value is -0.740. The Balaban J connectivity index is 0. The summed E-state index contributed by atoms with van der Waals surface area (Å²) >= 11 is 0. The number of nitrogens with two attached hydrogens (primary N) is 2. The van der Waals surface area contributed by atoms with E-state index in [4.69, 9.17) is 11.5 Å². The summed E-state index contributed by atoms with van der Waals surface area (Å²) in [5.74, 6) is 0.248. The molecular weight excluding hydrogens is 192 g/mol. The summed E-state index contributed by atoms with van der Waals surface area (Å²) in [6, 6.07) is -0.257. The van der Waals surface area contributed by atoms with Crippen molar-refractivity contribution >= 4 is 11.6 Å². The van der Waals surface area contributed by atoms with E-state index < -0.39 is 0 Å². The lowest BCUT2D eigenvalue weighted by molar-refractivity contribution is -0.118. The van der Waals surface area contributed by atoms with Crippen LogP contribution in [0.25, 0.3) is 0 Å². The molecule has 4 heteroatoms. The van der Waals surface area contributed by atoms with Crippen LogP contribution in [0.3, 0.4) is 0 Å². The third kappa shape index (κ3) is 19.6. The Morgan fingerprint density at radius 3 is 1.87 bits per heavy atom. The summed E-state index contributed by atoms with van der Waals surface area (Å²) < 4.78 is 0. The molecule has 1 atom stereocenters. The molecular formula is C11H24N2O2. The van der Waals surface area contributed by atoms with Crippen molar-refractivity contribution in [2.75, 3.05) is 6.54 Å². The molecule has 0 amide bonds. The molecule has 0 heterocycles. The minimum Gasteiger partial charge on any atom is -0.330 e. The molecule has 0 saturated carbocycles. The van der Waals surface area contributed by atoms with Crippen LogP contribution >= 0.6 is 0 Å². The second-order valence-corrected chi connectivity index (χ2v) is 3.76. The molecule has 0 aliphatic rings. The topological polar surface area (TPSA) is 86.2 Å². The number of ketones is 2. The fourth-order valence-electron chi connectivity index (χ4n) is 0.889. The van der Waals surface area contributed by atoms with E-state index in [1.807, 2.05) is 0 Å². The van der Waals surface area contributed by atoms with Gasteiger partial charge in [0.25, 0.3) is 0 Å². The molecule has 0 aromatic carbocycles. The number of unbranched alkanes of at least 4 members (excludes halogenated alkanes) is 2. The highest BCUT2D eigenvalue weighted by Crippen LogP contribution is 2.01. The lowest BCUT2D eigenvalue weighted by atomic mass is 10.1. The molecule has 0 spiro atoms. The molecule has 0 rings (SSSR count). The van der Waals surface area contributed by atoms with E-state index in [-0.39, 0.29) is 17.6 Å². The zero-order chi connectivity index (χ0) is 12.3. The van der Waals surface area contributed by atoms with Gasteiger partial charge in [-0.2, -0.15) is 0 Å². The molecule has 1 unspecified atom stereocenters. The molecule has 0 bridgehead atoms. The van der Waals surface area contributed by atoms with E-state index in [0.29, 0.717) is 0 Å². The van der Waals surface area contributed by atoms with Crippen LogP contribution < -0.4 is 11.5 Å². The quantitative estimate of drug-likeness (QED) is 0.649. The third-order valence-corrected chi connectivity index (χ3v) is 1.74. The van der Waals surface area contributed by atoms with Crippen LogP contribution in [0.2, 0.25) is 0 Å². The van der Waals surface area contributed by atoms with E-state index in [9.17, 15) is 9.59 Å². The number of rotatable bonds is 6. The maximum Gasteiger partial charge on any atom is 0.146 e.